The number of aliphatic hydroxyl groups is 4. The van der Waals surface area contributed by atoms with E-state index in [0.717, 1.165) is 24.0 Å². The molecule has 0 radical (unpaired) electrons. The second kappa shape index (κ2) is 7.38. The summed E-state index contributed by atoms with van der Waals surface area (Å²) in [6.07, 6.45) is -4.00. The van der Waals surface area contributed by atoms with Gasteiger partial charge in [-0.2, -0.15) is 0 Å². The lowest BCUT2D eigenvalue weighted by molar-refractivity contribution is -0.205. The van der Waals surface area contributed by atoms with Gasteiger partial charge in [-0.1, -0.05) is 30.8 Å². The summed E-state index contributed by atoms with van der Waals surface area (Å²) >= 11 is 1.19. The van der Waals surface area contributed by atoms with Gasteiger partial charge in [-0.15, -0.1) is 0 Å². The number of aliphatic hydroxyl groups excluding tert-OH is 4. The van der Waals surface area contributed by atoms with E-state index < -0.39 is 36.5 Å². The van der Waals surface area contributed by atoms with Crippen molar-refractivity contribution in [2.75, 3.05) is 6.61 Å². The van der Waals surface area contributed by atoms with Crippen LogP contribution in [-0.4, -0.2) is 66.4 Å². The monoisotopic (exact) mass is 354 g/mol. The average Bonchev–Trinajstić information content (AvgIpc) is 2.93. The Morgan fingerprint density at radius 3 is 2.62 bits per heavy atom. The Kier molecular flexibility index (Phi) is 5.43. The first-order valence-electron chi connectivity index (χ1n) is 7.99. The summed E-state index contributed by atoms with van der Waals surface area (Å²) in [5.74, 6) is 0. The number of imidazole rings is 1. The van der Waals surface area contributed by atoms with Crippen LogP contribution in [-0.2, 0) is 11.3 Å². The molecule has 0 aliphatic carbocycles. The van der Waals surface area contributed by atoms with E-state index in [1.807, 2.05) is 28.8 Å². The summed E-state index contributed by atoms with van der Waals surface area (Å²) in [4.78, 5) is 4.58. The summed E-state index contributed by atoms with van der Waals surface area (Å²) < 4.78 is 7.61. The van der Waals surface area contributed by atoms with Crippen molar-refractivity contribution >= 4 is 22.8 Å². The van der Waals surface area contributed by atoms with Crippen LogP contribution in [0.3, 0.4) is 0 Å². The molecule has 8 heteroatoms. The van der Waals surface area contributed by atoms with E-state index in [-0.39, 0.29) is 0 Å². The van der Waals surface area contributed by atoms with Gasteiger partial charge in [-0.05, 0) is 18.6 Å². The third-order valence-electron chi connectivity index (χ3n) is 4.14. The minimum Gasteiger partial charge on any atom is -0.394 e. The van der Waals surface area contributed by atoms with Crippen LogP contribution in [0.4, 0.5) is 0 Å². The van der Waals surface area contributed by atoms with Gasteiger partial charge in [0.05, 0.1) is 17.6 Å². The molecule has 1 aromatic carbocycles. The molecule has 1 saturated heterocycles. The number of nitrogens with zero attached hydrogens (tertiary/aromatic N) is 2. The van der Waals surface area contributed by atoms with Gasteiger partial charge in [0, 0.05) is 6.54 Å². The first-order chi connectivity index (χ1) is 11.6. The van der Waals surface area contributed by atoms with Crippen molar-refractivity contribution in [2.45, 2.75) is 54.9 Å². The van der Waals surface area contributed by atoms with Gasteiger partial charge >= 0.3 is 0 Å². The quantitative estimate of drug-likeness (QED) is 0.613. The Labute approximate surface area is 143 Å². The van der Waals surface area contributed by atoms with Gasteiger partial charge in [-0.3, -0.25) is 0 Å². The summed E-state index contributed by atoms with van der Waals surface area (Å²) in [5.41, 5.74) is 1.01. The molecular weight excluding hydrogens is 332 g/mol. The van der Waals surface area contributed by atoms with Crippen LogP contribution in [0.15, 0.2) is 29.4 Å². The second-order valence-corrected chi connectivity index (χ2v) is 6.92. The Balaban J connectivity index is 1.89. The van der Waals surface area contributed by atoms with Gasteiger partial charge < -0.3 is 29.7 Å². The zero-order valence-electron chi connectivity index (χ0n) is 13.3. The van der Waals surface area contributed by atoms with E-state index in [2.05, 4.69) is 11.9 Å². The van der Waals surface area contributed by atoms with Gasteiger partial charge in [0.2, 0.25) is 0 Å². The van der Waals surface area contributed by atoms with E-state index in [1.54, 1.807) is 0 Å². The minimum absolute atomic E-state index is 0.437. The second-order valence-electron chi connectivity index (χ2n) is 5.85. The molecule has 0 bridgehead atoms. The molecule has 1 aromatic heterocycles. The van der Waals surface area contributed by atoms with Crippen molar-refractivity contribution < 1.29 is 25.2 Å². The molecule has 5 unspecified atom stereocenters. The highest BCUT2D eigenvalue weighted by atomic mass is 32.2. The van der Waals surface area contributed by atoms with E-state index in [4.69, 9.17) is 4.74 Å². The van der Waals surface area contributed by atoms with Crippen LogP contribution in [0, 0.1) is 0 Å². The maximum atomic E-state index is 10.2. The van der Waals surface area contributed by atoms with Crippen LogP contribution in [0.2, 0.25) is 0 Å². The lowest BCUT2D eigenvalue weighted by Crippen LogP contribution is -2.57. The van der Waals surface area contributed by atoms with Crippen LogP contribution >= 0.6 is 11.8 Å². The Bertz CT molecular complexity index is 692. The van der Waals surface area contributed by atoms with Gasteiger partial charge in [0.1, 0.15) is 29.9 Å². The zero-order chi connectivity index (χ0) is 17.3. The molecule has 1 fully saturated rings. The SMILES string of the molecule is CCCn1c(SC2OC(CO)C(O)C(O)C2O)nc2ccccc21. The van der Waals surface area contributed by atoms with Gasteiger partial charge in [0.25, 0.3) is 0 Å². The Morgan fingerprint density at radius 2 is 1.92 bits per heavy atom. The fourth-order valence-electron chi connectivity index (χ4n) is 2.85. The van der Waals surface area contributed by atoms with Crippen molar-refractivity contribution in [3.8, 4) is 0 Å². The van der Waals surface area contributed by atoms with E-state index in [0.29, 0.717) is 5.16 Å². The highest BCUT2D eigenvalue weighted by Gasteiger charge is 2.44. The number of aromatic nitrogens is 2. The number of benzene rings is 1. The maximum Gasteiger partial charge on any atom is 0.171 e. The number of fused-ring (bicyclic) bond motifs is 1. The molecule has 1 aliphatic rings. The fraction of sp³-hybridized carbons (Fsp3) is 0.562. The van der Waals surface area contributed by atoms with E-state index in [1.165, 1.54) is 11.8 Å². The zero-order valence-corrected chi connectivity index (χ0v) is 14.1. The van der Waals surface area contributed by atoms with E-state index in [9.17, 15) is 20.4 Å². The topological polar surface area (TPSA) is 108 Å². The largest absolute Gasteiger partial charge is 0.394 e. The van der Waals surface area contributed by atoms with Crippen molar-refractivity contribution in [1.82, 2.24) is 9.55 Å². The Hall–Kier alpha value is -1.16. The predicted octanol–water partition coefficient (Wildman–Crippen LogP) is 0.338. The summed E-state index contributed by atoms with van der Waals surface area (Å²) in [6, 6.07) is 7.75. The molecule has 3 rings (SSSR count). The first kappa shape index (κ1) is 17.7. The number of rotatable bonds is 5. The number of aryl methyl sites for hydroxylation is 1. The standard InChI is InChI=1S/C16H22N2O5S/c1-2-7-18-10-6-4-3-5-9(10)17-16(18)24-15-14(22)13(21)12(20)11(8-19)23-15/h3-6,11-15,19-22H,2,7-8H2,1H3. The third kappa shape index (κ3) is 3.17. The summed E-state index contributed by atoms with van der Waals surface area (Å²) in [6.45, 7) is 2.39. The molecule has 7 nitrogen and oxygen atoms in total. The molecule has 5 atom stereocenters. The number of ether oxygens (including phenoxy) is 1. The van der Waals surface area contributed by atoms with Crippen LogP contribution in [0.1, 0.15) is 13.3 Å². The number of para-hydroxylation sites is 2. The van der Waals surface area contributed by atoms with E-state index >= 15 is 0 Å². The Morgan fingerprint density at radius 1 is 1.17 bits per heavy atom. The summed E-state index contributed by atoms with van der Waals surface area (Å²) in [5, 5.41) is 40.0. The van der Waals surface area contributed by atoms with Gasteiger partial charge in [0.15, 0.2) is 5.16 Å². The highest BCUT2D eigenvalue weighted by Crippen LogP contribution is 2.34. The first-order valence-corrected chi connectivity index (χ1v) is 8.87. The maximum absolute atomic E-state index is 10.2. The van der Waals surface area contributed by atoms with Crippen molar-refractivity contribution in [3.05, 3.63) is 24.3 Å². The smallest absolute Gasteiger partial charge is 0.171 e. The fourth-order valence-corrected chi connectivity index (χ4v) is 4.03. The predicted molar refractivity (Wildman–Crippen MR) is 89.6 cm³/mol. The minimum atomic E-state index is -1.38. The van der Waals surface area contributed by atoms with Crippen molar-refractivity contribution in [1.29, 1.82) is 0 Å². The lowest BCUT2D eigenvalue weighted by Gasteiger charge is -2.39. The molecule has 0 spiro atoms. The number of hydrogen-bond donors (Lipinski definition) is 4. The highest BCUT2D eigenvalue weighted by molar-refractivity contribution is 7.99. The molecule has 132 valence electrons. The normalized spacial score (nSPS) is 30.8. The lowest BCUT2D eigenvalue weighted by atomic mass is 10.0. The molecule has 4 N–H and O–H groups in total. The molecular formula is C16H22N2O5S. The number of thioether (sulfide) groups is 1. The molecule has 2 heterocycles. The van der Waals surface area contributed by atoms with Crippen molar-refractivity contribution in [3.63, 3.8) is 0 Å². The number of hydrogen-bond acceptors (Lipinski definition) is 7. The molecule has 1 aliphatic heterocycles. The van der Waals surface area contributed by atoms with Gasteiger partial charge in [-0.25, -0.2) is 4.98 Å². The molecule has 24 heavy (non-hydrogen) atoms. The average molecular weight is 354 g/mol. The van der Waals surface area contributed by atoms with Crippen LogP contribution in [0.25, 0.3) is 11.0 Å². The van der Waals surface area contributed by atoms with Crippen molar-refractivity contribution in [2.24, 2.45) is 0 Å². The molecule has 0 saturated carbocycles. The van der Waals surface area contributed by atoms with Crippen LogP contribution < -0.4 is 0 Å². The molecule has 2 aromatic rings. The third-order valence-corrected chi connectivity index (χ3v) is 5.28. The van der Waals surface area contributed by atoms with Crippen LogP contribution in [0.5, 0.6) is 0 Å². The molecule has 0 amide bonds. The summed E-state index contributed by atoms with van der Waals surface area (Å²) in [7, 11) is 0.